The normalized spacial score (nSPS) is 19.4. The van der Waals surface area contributed by atoms with Gasteiger partial charge in [0, 0.05) is 44.6 Å². The zero-order valence-electron chi connectivity index (χ0n) is 26.5. The molecule has 3 aromatic carbocycles. The van der Waals surface area contributed by atoms with E-state index in [0.29, 0.717) is 58.2 Å². The summed E-state index contributed by atoms with van der Waals surface area (Å²) in [4.78, 5) is 14.9. The average Bonchev–Trinajstić information content (AvgIpc) is 3.09. The molecule has 1 N–H and O–H groups in total. The average molecular weight is 619 g/mol. The summed E-state index contributed by atoms with van der Waals surface area (Å²) in [5.74, 6) is 2.74. The molecule has 9 nitrogen and oxygen atoms in total. The lowest BCUT2D eigenvalue weighted by Crippen LogP contribution is -2.48. The van der Waals surface area contributed by atoms with Crippen LogP contribution in [0, 0.1) is 0 Å². The minimum Gasteiger partial charge on any atom is -0.496 e. The molecular formula is C36H46N2O7. The van der Waals surface area contributed by atoms with Crippen molar-refractivity contribution in [1.29, 1.82) is 0 Å². The Hall–Kier alpha value is -3.63. The molecule has 3 unspecified atom stereocenters. The Balaban J connectivity index is 1.09. The first-order chi connectivity index (χ1) is 22.2. The fourth-order valence-electron chi connectivity index (χ4n) is 5.91. The molecule has 3 aromatic rings. The number of carbonyl (C=O) groups is 1. The van der Waals surface area contributed by atoms with Crippen LogP contribution in [-0.4, -0.2) is 78.4 Å². The zero-order valence-corrected chi connectivity index (χ0v) is 26.5. The first kappa shape index (κ1) is 32.8. The maximum atomic E-state index is 13.1. The van der Waals surface area contributed by atoms with Crippen molar-refractivity contribution in [3.8, 4) is 17.2 Å². The van der Waals surface area contributed by atoms with Crippen molar-refractivity contribution >= 4 is 11.6 Å². The Bertz CT molecular complexity index is 1330. The minimum absolute atomic E-state index is 0.00229. The van der Waals surface area contributed by atoms with Gasteiger partial charge < -0.3 is 38.6 Å². The van der Waals surface area contributed by atoms with Crippen molar-refractivity contribution in [1.82, 2.24) is 5.32 Å². The molecule has 0 radical (unpaired) electrons. The van der Waals surface area contributed by atoms with Gasteiger partial charge >= 0.3 is 0 Å². The SMILES string of the molecule is COCCCC(=O)N1CC(COC2CNCCC2c2ccc(OCCCOCc3ccccc3OC)cc2)Oc2ccccc21. The van der Waals surface area contributed by atoms with Crippen LogP contribution in [0.1, 0.15) is 42.7 Å². The van der Waals surface area contributed by atoms with E-state index in [9.17, 15) is 4.79 Å². The Morgan fingerprint density at radius 2 is 1.78 bits per heavy atom. The smallest absolute Gasteiger partial charge is 0.227 e. The second kappa shape index (κ2) is 17.2. The largest absolute Gasteiger partial charge is 0.496 e. The molecular weight excluding hydrogens is 572 g/mol. The van der Waals surface area contributed by atoms with Crippen LogP contribution in [0.3, 0.4) is 0 Å². The highest BCUT2D eigenvalue weighted by Gasteiger charge is 2.32. The number of piperidine rings is 1. The number of ether oxygens (including phenoxy) is 6. The maximum Gasteiger partial charge on any atom is 0.227 e. The van der Waals surface area contributed by atoms with E-state index in [1.807, 2.05) is 65.6 Å². The number of fused-ring (bicyclic) bond motifs is 1. The van der Waals surface area contributed by atoms with E-state index < -0.39 is 0 Å². The molecule has 1 saturated heterocycles. The van der Waals surface area contributed by atoms with E-state index in [-0.39, 0.29) is 24.0 Å². The third kappa shape index (κ3) is 9.20. The van der Waals surface area contributed by atoms with E-state index in [4.69, 9.17) is 28.4 Å². The summed E-state index contributed by atoms with van der Waals surface area (Å²) in [6.07, 6.45) is 2.65. The molecule has 2 aliphatic rings. The van der Waals surface area contributed by atoms with Crippen LogP contribution in [0.25, 0.3) is 0 Å². The quantitative estimate of drug-likeness (QED) is 0.215. The molecule has 1 fully saturated rings. The summed E-state index contributed by atoms with van der Waals surface area (Å²) in [6.45, 7) is 4.85. The lowest BCUT2D eigenvalue weighted by molar-refractivity contribution is -0.119. The van der Waals surface area contributed by atoms with E-state index in [1.54, 1.807) is 14.2 Å². The van der Waals surface area contributed by atoms with Crippen molar-refractivity contribution in [3.63, 3.8) is 0 Å². The number of nitrogens with zero attached hydrogens (tertiary/aromatic N) is 1. The molecule has 9 heteroatoms. The van der Waals surface area contributed by atoms with Crippen LogP contribution in [0.5, 0.6) is 17.2 Å². The van der Waals surface area contributed by atoms with Crippen molar-refractivity contribution in [2.45, 2.75) is 50.4 Å². The number of hydrogen-bond acceptors (Lipinski definition) is 8. The first-order valence-corrected chi connectivity index (χ1v) is 16.0. The van der Waals surface area contributed by atoms with Crippen molar-refractivity contribution in [2.75, 3.05) is 65.2 Å². The monoisotopic (exact) mass is 618 g/mol. The Morgan fingerprint density at radius 3 is 2.62 bits per heavy atom. The van der Waals surface area contributed by atoms with Gasteiger partial charge in [-0.3, -0.25) is 4.79 Å². The molecule has 3 atom stereocenters. The topological polar surface area (TPSA) is 87.7 Å². The highest BCUT2D eigenvalue weighted by molar-refractivity contribution is 5.95. The van der Waals surface area contributed by atoms with Crippen molar-refractivity contribution < 1.29 is 33.2 Å². The van der Waals surface area contributed by atoms with Gasteiger partial charge in [-0.1, -0.05) is 42.5 Å². The third-order valence-electron chi connectivity index (χ3n) is 8.26. The van der Waals surface area contributed by atoms with Crippen LogP contribution in [0.15, 0.2) is 72.8 Å². The van der Waals surface area contributed by atoms with E-state index in [2.05, 4.69) is 17.4 Å². The number of methoxy groups -OCH3 is 2. The number of hydrogen-bond donors (Lipinski definition) is 1. The second-order valence-corrected chi connectivity index (χ2v) is 11.4. The summed E-state index contributed by atoms with van der Waals surface area (Å²) in [7, 11) is 3.33. The summed E-state index contributed by atoms with van der Waals surface area (Å²) in [5, 5.41) is 3.48. The van der Waals surface area contributed by atoms with Crippen LogP contribution in [0.2, 0.25) is 0 Å². The predicted molar refractivity (Wildman–Crippen MR) is 173 cm³/mol. The molecule has 0 spiro atoms. The van der Waals surface area contributed by atoms with Gasteiger partial charge in [0.25, 0.3) is 0 Å². The van der Waals surface area contributed by atoms with Gasteiger partial charge in [-0.05, 0) is 55.3 Å². The zero-order chi connectivity index (χ0) is 31.3. The first-order valence-electron chi connectivity index (χ1n) is 16.0. The number of anilines is 1. The molecule has 5 rings (SSSR count). The molecule has 45 heavy (non-hydrogen) atoms. The summed E-state index contributed by atoms with van der Waals surface area (Å²) in [5.41, 5.74) is 3.09. The van der Waals surface area contributed by atoms with E-state index in [0.717, 1.165) is 48.7 Å². The molecule has 0 saturated carbocycles. The Kier molecular flexibility index (Phi) is 12.5. The lowest BCUT2D eigenvalue weighted by atomic mass is 9.87. The van der Waals surface area contributed by atoms with Crippen LogP contribution >= 0.6 is 0 Å². The fraction of sp³-hybridized carbons (Fsp3) is 0.472. The second-order valence-electron chi connectivity index (χ2n) is 11.4. The number of amides is 1. The van der Waals surface area contributed by atoms with Gasteiger partial charge in [0.05, 0.1) is 51.9 Å². The highest BCUT2D eigenvalue weighted by Crippen LogP contribution is 2.35. The standard InChI is InChI=1S/C36H46N2O7/c1-40-20-7-13-36(39)38-24-30(45-34-12-6-4-10-32(34)38)26-44-35-23-37-19-18-31(35)27-14-16-29(17-15-27)43-22-8-21-42-25-28-9-3-5-11-33(28)41-2/h3-6,9-12,14-17,30-31,35,37H,7-8,13,18-26H2,1-2H3. The van der Waals surface area contributed by atoms with Crippen LogP contribution in [-0.2, 0) is 25.6 Å². The maximum absolute atomic E-state index is 13.1. The molecule has 0 bridgehead atoms. The number of rotatable bonds is 16. The molecule has 0 aliphatic carbocycles. The van der Waals surface area contributed by atoms with E-state index in [1.165, 1.54) is 5.56 Å². The molecule has 0 aromatic heterocycles. The van der Waals surface area contributed by atoms with Gasteiger partial charge in [0.1, 0.15) is 23.4 Å². The fourth-order valence-corrected chi connectivity index (χ4v) is 5.91. The molecule has 2 aliphatic heterocycles. The van der Waals surface area contributed by atoms with Gasteiger partial charge in [-0.25, -0.2) is 0 Å². The Morgan fingerprint density at radius 1 is 0.956 bits per heavy atom. The van der Waals surface area contributed by atoms with E-state index >= 15 is 0 Å². The van der Waals surface area contributed by atoms with Gasteiger partial charge in [-0.15, -0.1) is 0 Å². The van der Waals surface area contributed by atoms with Crippen molar-refractivity contribution in [2.24, 2.45) is 0 Å². The Labute approximate surface area is 266 Å². The van der Waals surface area contributed by atoms with Gasteiger partial charge in [0.15, 0.2) is 0 Å². The predicted octanol–water partition coefficient (Wildman–Crippen LogP) is 5.36. The number of nitrogens with one attached hydrogen (secondary N) is 1. The highest BCUT2D eigenvalue weighted by atomic mass is 16.5. The summed E-state index contributed by atoms with van der Waals surface area (Å²) >= 11 is 0. The van der Waals surface area contributed by atoms with Crippen LogP contribution in [0.4, 0.5) is 5.69 Å². The van der Waals surface area contributed by atoms with Crippen LogP contribution < -0.4 is 24.4 Å². The molecule has 242 valence electrons. The summed E-state index contributed by atoms with van der Waals surface area (Å²) < 4.78 is 35.1. The molecule has 1 amide bonds. The third-order valence-corrected chi connectivity index (χ3v) is 8.26. The van der Waals surface area contributed by atoms with Crippen molar-refractivity contribution in [3.05, 3.63) is 83.9 Å². The number of carbonyl (C=O) groups excluding carboxylic acids is 1. The molecule has 2 heterocycles. The van der Waals surface area contributed by atoms with Gasteiger partial charge in [-0.2, -0.15) is 0 Å². The minimum atomic E-state index is -0.247. The number of para-hydroxylation sites is 3. The summed E-state index contributed by atoms with van der Waals surface area (Å²) in [6, 6.07) is 24.0. The number of benzene rings is 3. The lowest BCUT2D eigenvalue weighted by Gasteiger charge is -2.37. The van der Waals surface area contributed by atoms with Gasteiger partial charge in [0.2, 0.25) is 5.91 Å².